The molecule has 0 saturated heterocycles. The highest BCUT2D eigenvalue weighted by Gasteiger charge is 2.28. The minimum Gasteiger partial charge on any atom is -0.504 e. The van der Waals surface area contributed by atoms with Gasteiger partial charge in [-0.3, -0.25) is 4.79 Å². The van der Waals surface area contributed by atoms with Gasteiger partial charge < -0.3 is 20.9 Å². The molecule has 4 N–H and O–H groups in total. The molecule has 3 atom stereocenters. The molecule has 1 amide bonds. The Kier molecular flexibility index (Phi) is 7.27. The molecular weight excluding hydrogens is 425 g/mol. The summed E-state index contributed by atoms with van der Waals surface area (Å²) in [6.07, 6.45) is 0.660. The van der Waals surface area contributed by atoms with E-state index < -0.39 is 29.8 Å². The molecule has 0 radical (unpaired) electrons. The van der Waals surface area contributed by atoms with Crippen molar-refractivity contribution in [1.29, 1.82) is 0 Å². The van der Waals surface area contributed by atoms with Crippen LogP contribution in [0.3, 0.4) is 0 Å². The molecule has 0 aliphatic heterocycles. The second kappa shape index (κ2) is 10.1. The van der Waals surface area contributed by atoms with Gasteiger partial charge in [0.2, 0.25) is 0 Å². The number of aryl methyl sites for hydroxylation is 1. The molecule has 0 aliphatic carbocycles. The summed E-state index contributed by atoms with van der Waals surface area (Å²) >= 11 is 0. The molecule has 0 aliphatic rings. The molecule has 172 valence electrons. The van der Waals surface area contributed by atoms with E-state index in [0.29, 0.717) is 0 Å². The van der Waals surface area contributed by atoms with Crippen LogP contribution in [0, 0.1) is 12.7 Å². The zero-order chi connectivity index (χ0) is 24.1. The number of rotatable bonds is 7. The minimum atomic E-state index is -1.02. The lowest BCUT2D eigenvalue weighted by Gasteiger charge is -2.26. The molecule has 0 spiro atoms. The van der Waals surface area contributed by atoms with E-state index >= 15 is 0 Å². The van der Waals surface area contributed by atoms with Gasteiger partial charge in [-0.05, 0) is 50.1 Å². The lowest BCUT2D eigenvalue weighted by Crippen LogP contribution is -2.41. The van der Waals surface area contributed by atoms with E-state index in [-0.39, 0.29) is 23.1 Å². The fourth-order valence-electron chi connectivity index (χ4n) is 3.49. The first-order valence-electron chi connectivity index (χ1n) is 10.4. The number of halogens is 1. The Morgan fingerprint density at radius 2 is 1.61 bits per heavy atom. The number of nitrogens with zero attached hydrogens (tertiary/aromatic N) is 1. The maximum Gasteiger partial charge on any atom is 0.328 e. The van der Waals surface area contributed by atoms with Crippen molar-refractivity contribution in [1.82, 2.24) is 10.3 Å². The van der Waals surface area contributed by atoms with E-state index in [1.54, 1.807) is 19.1 Å². The van der Waals surface area contributed by atoms with Crippen LogP contribution in [0.2, 0.25) is 0 Å². The van der Waals surface area contributed by atoms with Crippen molar-refractivity contribution < 1.29 is 23.8 Å². The molecule has 7 nitrogen and oxygen atoms in total. The Balaban J connectivity index is 1.76. The third kappa shape index (κ3) is 5.65. The van der Waals surface area contributed by atoms with Gasteiger partial charge >= 0.3 is 5.97 Å². The molecule has 1 heterocycles. The molecule has 0 bridgehead atoms. The van der Waals surface area contributed by atoms with Crippen LogP contribution in [0.15, 0.2) is 60.8 Å². The molecule has 3 rings (SSSR count). The first-order valence-corrected chi connectivity index (χ1v) is 10.4. The van der Waals surface area contributed by atoms with E-state index in [9.17, 15) is 19.1 Å². The first kappa shape index (κ1) is 23.7. The smallest absolute Gasteiger partial charge is 0.328 e. The molecule has 0 saturated carbocycles. The van der Waals surface area contributed by atoms with E-state index in [0.717, 1.165) is 16.7 Å². The summed E-state index contributed by atoms with van der Waals surface area (Å²) < 4.78 is 19.2. The largest absolute Gasteiger partial charge is 0.504 e. The van der Waals surface area contributed by atoms with Crippen molar-refractivity contribution in [2.45, 2.75) is 38.8 Å². The van der Waals surface area contributed by atoms with Gasteiger partial charge in [-0.25, -0.2) is 14.2 Å². The fraction of sp³-hybridized carbons (Fsp3) is 0.240. The average molecular weight is 451 g/mol. The van der Waals surface area contributed by atoms with Crippen molar-refractivity contribution in [3.63, 3.8) is 0 Å². The normalized spacial score (nSPS) is 13.6. The number of pyridine rings is 1. The number of amides is 1. The minimum absolute atomic E-state index is 0.000704. The van der Waals surface area contributed by atoms with Crippen LogP contribution in [0.5, 0.6) is 5.75 Å². The van der Waals surface area contributed by atoms with Crippen molar-refractivity contribution in [2.24, 2.45) is 0 Å². The average Bonchev–Trinajstić information content (AvgIpc) is 2.78. The molecule has 2 unspecified atom stereocenters. The third-order valence-electron chi connectivity index (χ3n) is 5.31. The van der Waals surface area contributed by atoms with Gasteiger partial charge in [0.15, 0.2) is 11.4 Å². The Morgan fingerprint density at radius 1 is 1.03 bits per heavy atom. The van der Waals surface area contributed by atoms with Crippen LogP contribution < -0.4 is 11.1 Å². The lowest BCUT2D eigenvalue weighted by atomic mass is 9.87. The maximum absolute atomic E-state index is 13.5. The summed E-state index contributed by atoms with van der Waals surface area (Å²) in [4.78, 5) is 29.0. The van der Waals surface area contributed by atoms with Crippen LogP contribution in [0.25, 0.3) is 0 Å². The predicted molar refractivity (Wildman–Crippen MR) is 122 cm³/mol. The van der Waals surface area contributed by atoms with Gasteiger partial charge in [0.25, 0.3) is 5.91 Å². The van der Waals surface area contributed by atoms with Crippen LogP contribution in [-0.4, -0.2) is 34.1 Å². The number of carbonyl (C=O) groups is 2. The SMILES string of the molecule is Cc1ccc(C(c2ccc(F)cc2)C(C)OC(=O)[C@H](C)NC(=O)c2nccc(N)c2O)cc1. The number of ether oxygens (including phenoxy) is 1. The number of nitrogen functional groups attached to an aromatic ring is 1. The van der Waals surface area contributed by atoms with Crippen LogP contribution in [0.1, 0.15) is 46.9 Å². The number of hydrogen-bond acceptors (Lipinski definition) is 6. The number of aromatic hydroxyl groups is 1. The Morgan fingerprint density at radius 3 is 2.21 bits per heavy atom. The maximum atomic E-state index is 13.5. The van der Waals surface area contributed by atoms with Crippen LogP contribution >= 0.6 is 0 Å². The highest BCUT2D eigenvalue weighted by atomic mass is 19.1. The summed E-state index contributed by atoms with van der Waals surface area (Å²) in [7, 11) is 0. The highest BCUT2D eigenvalue weighted by Crippen LogP contribution is 2.30. The summed E-state index contributed by atoms with van der Waals surface area (Å²) in [6.45, 7) is 5.18. The molecule has 1 aromatic heterocycles. The zero-order valence-electron chi connectivity index (χ0n) is 18.6. The number of hydrogen-bond donors (Lipinski definition) is 3. The van der Waals surface area contributed by atoms with Gasteiger partial charge in [-0.1, -0.05) is 42.0 Å². The van der Waals surface area contributed by atoms with E-state index in [4.69, 9.17) is 10.5 Å². The van der Waals surface area contributed by atoms with Crippen molar-refractivity contribution >= 4 is 17.6 Å². The number of aromatic nitrogens is 1. The van der Waals surface area contributed by atoms with Gasteiger partial charge in [-0.2, -0.15) is 0 Å². The van der Waals surface area contributed by atoms with E-state index in [1.165, 1.54) is 31.3 Å². The van der Waals surface area contributed by atoms with Crippen molar-refractivity contribution in [2.75, 3.05) is 5.73 Å². The Labute approximate surface area is 191 Å². The third-order valence-corrected chi connectivity index (χ3v) is 5.31. The number of nitrogens with one attached hydrogen (secondary N) is 1. The van der Waals surface area contributed by atoms with E-state index in [1.807, 2.05) is 31.2 Å². The standard InChI is InChI=1S/C25H26FN3O4/c1-14-4-6-17(7-5-14)21(18-8-10-19(26)11-9-18)16(3)33-25(32)15(2)29-24(31)22-23(30)20(27)12-13-28-22/h4-13,15-16,21,30H,1-3H3,(H2,27,28)(H,29,31)/t15-,16?,21?/m0/s1. The monoisotopic (exact) mass is 451 g/mol. The van der Waals surface area contributed by atoms with Gasteiger partial charge in [0.1, 0.15) is 18.0 Å². The van der Waals surface area contributed by atoms with Crippen molar-refractivity contribution in [3.05, 3.63) is 89.0 Å². The van der Waals surface area contributed by atoms with Gasteiger partial charge in [0.05, 0.1) is 5.69 Å². The van der Waals surface area contributed by atoms with Crippen LogP contribution in [-0.2, 0) is 9.53 Å². The summed E-state index contributed by atoms with van der Waals surface area (Å²) in [5.41, 5.74) is 8.07. The first-order chi connectivity index (χ1) is 15.7. The second-order valence-corrected chi connectivity index (χ2v) is 7.87. The molecule has 0 fully saturated rings. The molecule has 3 aromatic rings. The van der Waals surface area contributed by atoms with Crippen molar-refractivity contribution in [3.8, 4) is 5.75 Å². The lowest BCUT2D eigenvalue weighted by molar-refractivity contribution is -0.150. The number of esters is 1. The molecule has 33 heavy (non-hydrogen) atoms. The number of anilines is 1. The quantitative estimate of drug-likeness (QED) is 0.472. The summed E-state index contributed by atoms with van der Waals surface area (Å²) in [6, 6.07) is 14.1. The number of benzene rings is 2. The Bertz CT molecular complexity index is 1090. The summed E-state index contributed by atoms with van der Waals surface area (Å²) in [5.74, 6) is -2.60. The van der Waals surface area contributed by atoms with E-state index in [2.05, 4.69) is 10.3 Å². The molecular formula is C25H26FN3O4. The van der Waals surface area contributed by atoms with Crippen LogP contribution in [0.4, 0.5) is 10.1 Å². The fourth-order valence-corrected chi connectivity index (χ4v) is 3.49. The highest BCUT2D eigenvalue weighted by molar-refractivity contribution is 5.98. The topological polar surface area (TPSA) is 115 Å². The molecule has 8 heteroatoms. The zero-order valence-corrected chi connectivity index (χ0v) is 18.6. The number of carbonyl (C=O) groups excluding carboxylic acids is 2. The number of nitrogens with two attached hydrogens (primary N) is 1. The van der Waals surface area contributed by atoms with Gasteiger partial charge in [0, 0.05) is 12.1 Å². The molecule has 2 aromatic carbocycles. The predicted octanol–water partition coefficient (Wildman–Crippen LogP) is 3.70. The Hall–Kier alpha value is -3.94. The summed E-state index contributed by atoms with van der Waals surface area (Å²) in [5, 5.41) is 12.4. The van der Waals surface area contributed by atoms with Gasteiger partial charge in [-0.15, -0.1) is 0 Å². The second-order valence-electron chi connectivity index (χ2n) is 7.87.